The molecule has 0 amide bonds. The summed E-state index contributed by atoms with van der Waals surface area (Å²) in [6, 6.07) is 3.59. The first-order valence-electron chi connectivity index (χ1n) is 5.46. The summed E-state index contributed by atoms with van der Waals surface area (Å²) in [6.45, 7) is 6.01. The van der Waals surface area contributed by atoms with Crippen molar-refractivity contribution in [2.24, 2.45) is 11.7 Å². The zero-order valence-corrected chi connectivity index (χ0v) is 9.86. The van der Waals surface area contributed by atoms with Gasteiger partial charge in [-0.15, -0.1) is 0 Å². The maximum Gasteiger partial charge on any atom is 0.239 e. The highest BCUT2D eigenvalue weighted by Gasteiger charge is 2.05. The number of nitrogens with zero attached hydrogens (tertiary/aromatic N) is 1. The summed E-state index contributed by atoms with van der Waals surface area (Å²) in [5.74, 6) is 1.66. The van der Waals surface area contributed by atoms with E-state index in [4.69, 9.17) is 16.2 Å². The number of rotatable bonds is 6. The number of pyridine rings is 1. The Morgan fingerprint density at radius 3 is 2.81 bits per heavy atom. The van der Waals surface area contributed by atoms with Crippen LogP contribution in [0.15, 0.2) is 12.1 Å². The van der Waals surface area contributed by atoms with Crippen LogP contribution in [0.2, 0.25) is 0 Å². The zero-order valence-electron chi connectivity index (χ0n) is 9.86. The molecule has 0 aliphatic carbocycles. The van der Waals surface area contributed by atoms with Crippen molar-refractivity contribution in [2.45, 2.75) is 13.8 Å². The van der Waals surface area contributed by atoms with Gasteiger partial charge in [0, 0.05) is 13.1 Å². The Kier molecular flexibility index (Phi) is 4.85. The Balaban J connectivity index is 2.66. The summed E-state index contributed by atoms with van der Waals surface area (Å²) in [4.78, 5) is 4.27. The van der Waals surface area contributed by atoms with Crippen LogP contribution in [0.4, 0.5) is 11.5 Å². The van der Waals surface area contributed by atoms with Gasteiger partial charge in [0.15, 0.2) is 0 Å². The van der Waals surface area contributed by atoms with Gasteiger partial charge in [-0.1, -0.05) is 13.8 Å². The summed E-state index contributed by atoms with van der Waals surface area (Å²) in [7, 11) is 0. The SMILES string of the molecule is CC(C)COc1nc(NCCN)ccc1N. The predicted octanol–water partition coefficient (Wildman–Crippen LogP) is 1.07. The second kappa shape index (κ2) is 6.17. The number of nitrogen functional groups attached to an aromatic ring is 1. The largest absolute Gasteiger partial charge is 0.476 e. The first-order chi connectivity index (χ1) is 7.63. The molecule has 1 heterocycles. The fraction of sp³-hybridized carbons (Fsp3) is 0.545. The summed E-state index contributed by atoms with van der Waals surface area (Å²) in [5.41, 5.74) is 11.7. The monoisotopic (exact) mass is 224 g/mol. The number of anilines is 2. The molecule has 0 aliphatic rings. The summed E-state index contributed by atoms with van der Waals surface area (Å²) in [5, 5.41) is 3.08. The van der Waals surface area contributed by atoms with Crippen LogP contribution in [0.3, 0.4) is 0 Å². The molecule has 90 valence electrons. The second-order valence-electron chi connectivity index (χ2n) is 4.01. The Morgan fingerprint density at radius 1 is 1.44 bits per heavy atom. The maximum absolute atomic E-state index is 5.76. The smallest absolute Gasteiger partial charge is 0.239 e. The van der Waals surface area contributed by atoms with E-state index in [0.29, 0.717) is 37.2 Å². The maximum atomic E-state index is 5.76. The van der Waals surface area contributed by atoms with E-state index in [-0.39, 0.29) is 0 Å². The van der Waals surface area contributed by atoms with Crippen molar-refractivity contribution in [3.8, 4) is 5.88 Å². The lowest BCUT2D eigenvalue weighted by molar-refractivity contribution is 0.263. The van der Waals surface area contributed by atoms with Gasteiger partial charge in [0.25, 0.3) is 0 Å². The van der Waals surface area contributed by atoms with Gasteiger partial charge in [-0.2, -0.15) is 4.98 Å². The minimum absolute atomic E-state index is 0.446. The molecule has 1 rings (SSSR count). The van der Waals surface area contributed by atoms with Crippen molar-refractivity contribution in [2.75, 3.05) is 30.7 Å². The lowest BCUT2D eigenvalue weighted by Gasteiger charge is -2.11. The Labute approximate surface area is 96.2 Å². The molecule has 0 atom stereocenters. The average Bonchev–Trinajstić information content (AvgIpc) is 2.26. The van der Waals surface area contributed by atoms with Crippen LogP contribution in [0.1, 0.15) is 13.8 Å². The first kappa shape index (κ1) is 12.6. The number of ether oxygens (including phenoxy) is 1. The molecule has 0 radical (unpaired) electrons. The standard InChI is InChI=1S/C11H20N4O/c1-8(2)7-16-11-9(13)3-4-10(15-11)14-6-5-12/h3-4,8H,5-7,12-13H2,1-2H3,(H,14,15). The van der Waals surface area contributed by atoms with Gasteiger partial charge in [0.2, 0.25) is 5.88 Å². The van der Waals surface area contributed by atoms with E-state index in [1.54, 1.807) is 6.07 Å². The molecule has 0 unspecified atom stereocenters. The van der Waals surface area contributed by atoms with Crippen LogP contribution >= 0.6 is 0 Å². The van der Waals surface area contributed by atoms with E-state index < -0.39 is 0 Å². The van der Waals surface area contributed by atoms with Gasteiger partial charge in [0.1, 0.15) is 5.82 Å². The minimum Gasteiger partial charge on any atom is -0.476 e. The Hall–Kier alpha value is -1.49. The Morgan fingerprint density at radius 2 is 2.19 bits per heavy atom. The van der Waals surface area contributed by atoms with Crippen molar-refractivity contribution in [3.63, 3.8) is 0 Å². The molecule has 5 nitrogen and oxygen atoms in total. The van der Waals surface area contributed by atoms with Gasteiger partial charge >= 0.3 is 0 Å². The predicted molar refractivity (Wildman–Crippen MR) is 66.5 cm³/mol. The van der Waals surface area contributed by atoms with E-state index in [1.165, 1.54) is 0 Å². The number of hydrogen-bond donors (Lipinski definition) is 3. The van der Waals surface area contributed by atoms with Crippen molar-refractivity contribution in [3.05, 3.63) is 12.1 Å². The van der Waals surface area contributed by atoms with Crippen LogP contribution in [-0.4, -0.2) is 24.7 Å². The van der Waals surface area contributed by atoms with E-state index in [0.717, 1.165) is 5.82 Å². The van der Waals surface area contributed by atoms with E-state index in [2.05, 4.69) is 24.1 Å². The lowest BCUT2D eigenvalue weighted by atomic mass is 10.2. The lowest BCUT2D eigenvalue weighted by Crippen LogP contribution is -2.14. The summed E-state index contributed by atoms with van der Waals surface area (Å²) >= 11 is 0. The first-order valence-corrected chi connectivity index (χ1v) is 5.46. The minimum atomic E-state index is 0.446. The molecule has 1 aromatic rings. The van der Waals surface area contributed by atoms with Crippen LogP contribution in [0.25, 0.3) is 0 Å². The quantitative estimate of drug-likeness (QED) is 0.673. The van der Waals surface area contributed by atoms with Crippen LogP contribution in [0, 0.1) is 5.92 Å². The number of aromatic nitrogens is 1. The molecule has 0 aliphatic heterocycles. The normalized spacial score (nSPS) is 10.5. The third-order valence-electron chi connectivity index (χ3n) is 1.89. The van der Waals surface area contributed by atoms with Crippen molar-refractivity contribution < 1.29 is 4.74 Å². The van der Waals surface area contributed by atoms with Gasteiger partial charge in [0.05, 0.1) is 12.3 Å². The number of nitrogens with two attached hydrogens (primary N) is 2. The van der Waals surface area contributed by atoms with Crippen molar-refractivity contribution >= 4 is 11.5 Å². The molecule has 1 aromatic heterocycles. The average molecular weight is 224 g/mol. The van der Waals surface area contributed by atoms with E-state index in [1.807, 2.05) is 6.07 Å². The molecule has 0 aromatic carbocycles. The van der Waals surface area contributed by atoms with Crippen LogP contribution in [0.5, 0.6) is 5.88 Å². The second-order valence-corrected chi connectivity index (χ2v) is 4.01. The van der Waals surface area contributed by atoms with Gasteiger partial charge < -0.3 is 21.5 Å². The molecular formula is C11H20N4O. The highest BCUT2D eigenvalue weighted by Crippen LogP contribution is 2.21. The molecule has 0 spiro atoms. The van der Waals surface area contributed by atoms with Gasteiger partial charge in [-0.25, -0.2) is 0 Å². The zero-order chi connectivity index (χ0) is 12.0. The number of hydrogen-bond acceptors (Lipinski definition) is 5. The highest BCUT2D eigenvalue weighted by atomic mass is 16.5. The molecule has 5 N–H and O–H groups in total. The topological polar surface area (TPSA) is 86.2 Å². The number of nitrogens with one attached hydrogen (secondary N) is 1. The van der Waals surface area contributed by atoms with Crippen LogP contribution < -0.4 is 21.5 Å². The van der Waals surface area contributed by atoms with Crippen molar-refractivity contribution in [1.82, 2.24) is 4.98 Å². The fourth-order valence-electron chi connectivity index (χ4n) is 1.11. The molecule has 16 heavy (non-hydrogen) atoms. The Bertz CT molecular complexity index is 328. The third-order valence-corrected chi connectivity index (χ3v) is 1.89. The van der Waals surface area contributed by atoms with E-state index in [9.17, 15) is 0 Å². The molecule has 5 heteroatoms. The van der Waals surface area contributed by atoms with Gasteiger partial charge in [-0.05, 0) is 18.1 Å². The molecule has 0 fully saturated rings. The fourth-order valence-corrected chi connectivity index (χ4v) is 1.11. The van der Waals surface area contributed by atoms with Crippen molar-refractivity contribution in [1.29, 1.82) is 0 Å². The highest BCUT2D eigenvalue weighted by molar-refractivity contribution is 5.53. The van der Waals surface area contributed by atoms with Gasteiger partial charge in [-0.3, -0.25) is 0 Å². The van der Waals surface area contributed by atoms with E-state index >= 15 is 0 Å². The summed E-state index contributed by atoms with van der Waals surface area (Å²) < 4.78 is 5.51. The third kappa shape index (κ3) is 3.94. The molecule has 0 saturated heterocycles. The van der Waals surface area contributed by atoms with Crippen LogP contribution in [-0.2, 0) is 0 Å². The molecule has 0 bridgehead atoms. The molecule has 0 saturated carbocycles. The molecular weight excluding hydrogens is 204 g/mol. The summed E-state index contributed by atoms with van der Waals surface area (Å²) in [6.07, 6.45) is 0.